The largest absolute Gasteiger partial charge is 3.00 e. The molecule has 2 amide bonds. The number of hydrogen-bond acceptors (Lipinski definition) is 20. The molecule has 0 saturated heterocycles. The summed E-state index contributed by atoms with van der Waals surface area (Å²) in [7, 11) is 6.00. The number of phenols is 3. The molecule has 0 bridgehead atoms. The molecule has 0 aromatic heterocycles. The van der Waals surface area contributed by atoms with Gasteiger partial charge >= 0.3 is 38.2 Å². The van der Waals surface area contributed by atoms with Gasteiger partial charge in [-0.1, -0.05) is 48.2 Å². The van der Waals surface area contributed by atoms with Crippen LogP contribution in [0.2, 0.25) is 0 Å². The molecule has 24 nitrogen and oxygen atoms in total. The molecule has 1 radical (unpaired) electrons. The molecule has 0 spiro atoms. The summed E-state index contributed by atoms with van der Waals surface area (Å²) in [6, 6.07) is 18.1. The van der Waals surface area contributed by atoms with Crippen LogP contribution in [-0.2, 0) is 0 Å². The molecule has 0 saturated carbocycles. The number of phenolic OH excluding ortho intramolecular Hbond substituents is 3. The summed E-state index contributed by atoms with van der Waals surface area (Å²) in [4.78, 5) is 40.8. The summed E-state index contributed by atoms with van der Waals surface area (Å²) in [5.41, 5.74) is 4.79. The maximum Gasteiger partial charge on any atom is 3.00 e. The number of hydrazone groups is 2. The average Bonchev–Trinajstić information content (AvgIpc) is 3.21. The molecule has 0 fully saturated rings. The van der Waals surface area contributed by atoms with E-state index in [9.17, 15) is 30.0 Å². The predicted octanol–water partition coefficient (Wildman–Crippen LogP) is -0.269. The molecule has 25 heteroatoms. The molecule has 0 atom stereocenters. The van der Waals surface area contributed by atoms with Crippen molar-refractivity contribution in [2.24, 2.45) is 10.2 Å². The fraction of sp³-hybridized carbons (Fsp3) is 0.188. The summed E-state index contributed by atoms with van der Waals surface area (Å²) < 4.78 is 0. The fourth-order valence-corrected chi connectivity index (χ4v) is 3.38. The SMILES string of the molecule is CO.CO.CO.CO.CO.CO.O=C(N/N=C/c1ccc2ccc(/C=N/NC(=O)c3ccccc3O)c(O)c2c1[O-])c1ccccc1O.O=[N+]([O-])[O-].O=[N+]([O-])[O-].[Dy+3]. The number of carbonyl (C=O) groups is 2. The Morgan fingerprint density at radius 3 is 1.19 bits per heavy atom. The van der Waals surface area contributed by atoms with E-state index >= 15 is 0 Å². The van der Waals surface area contributed by atoms with Crippen LogP contribution in [0.5, 0.6) is 23.0 Å². The molecular formula is C32H43DyN6O18. The van der Waals surface area contributed by atoms with Crippen LogP contribution in [0, 0.1) is 68.8 Å². The molecule has 11 N–H and O–H groups in total. The molecular weight excluding hydrogens is 919 g/mol. The number of rotatable bonds is 6. The Morgan fingerprint density at radius 2 is 0.860 bits per heavy atom. The van der Waals surface area contributed by atoms with Crippen molar-refractivity contribution in [2.75, 3.05) is 42.7 Å². The average molecular weight is 962 g/mol. The fourth-order valence-electron chi connectivity index (χ4n) is 3.38. The van der Waals surface area contributed by atoms with Gasteiger partial charge in [-0.2, -0.15) is 10.2 Å². The van der Waals surface area contributed by atoms with E-state index in [1.165, 1.54) is 42.6 Å². The summed E-state index contributed by atoms with van der Waals surface area (Å²) >= 11 is 0. The number of fused-ring (bicyclic) bond motifs is 1. The minimum absolute atomic E-state index is 0. The van der Waals surface area contributed by atoms with Crippen molar-refractivity contribution in [1.82, 2.24) is 10.9 Å². The number of benzene rings is 4. The Hall–Kier alpha value is -5.95. The van der Waals surface area contributed by atoms with Crippen molar-refractivity contribution in [1.29, 1.82) is 0 Å². The van der Waals surface area contributed by atoms with Gasteiger partial charge in [-0.3, -0.25) is 9.59 Å². The van der Waals surface area contributed by atoms with Gasteiger partial charge in [-0.15, -0.1) is 0 Å². The third-order valence-electron chi connectivity index (χ3n) is 5.21. The van der Waals surface area contributed by atoms with Crippen LogP contribution in [-0.4, -0.2) is 123 Å². The second-order valence-corrected chi connectivity index (χ2v) is 7.97. The molecule has 0 aliphatic heterocycles. The first-order valence-corrected chi connectivity index (χ1v) is 14.3. The summed E-state index contributed by atoms with van der Waals surface area (Å²) in [5, 5.41) is 123. The number of aliphatic hydroxyl groups is 6. The normalized spacial score (nSPS) is 8.56. The third-order valence-corrected chi connectivity index (χ3v) is 5.21. The number of aromatic hydroxyl groups is 3. The third kappa shape index (κ3) is 26.5. The molecule has 4 rings (SSSR count). The predicted molar refractivity (Wildman–Crippen MR) is 201 cm³/mol. The Morgan fingerprint density at radius 1 is 0.561 bits per heavy atom. The Balaban J connectivity index is -0.000000265. The molecule has 4 aromatic carbocycles. The van der Waals surface area contributed by atoms with E-state index in [2.05, 4.69) is 21.1 Å². The van der Waals surface area contributed by atoms with Crippen LogP contribution in [0.4, 0.5) is 0 Å². The van der Waals surface area contributed by atoms with Gasteiger partial charge in [0.25, 0.3) is 11.8 Å². The van der Waals surface area contributed by atoms with Gasteiger partial charge in [0.15, 0.2) is 0 Å². The minimum Gasteiger partial charge on any atom is -0.872 e. The van der Waals surface area contributed by atoms with Gasteiger partial charge in [0, 0.05) is 53.6 Å². The first kappa shape index (κ1) is 63.0. The van der Waals surface area contributed by atoms with E-state index in [1.807, 2.05) is 0 Å². The van der Waals surface area contributed by atoms with E-state index in [1.54, 1.807) is 36.4 Å². The van der Waals surface area contributed by atoms with Crippen molar-refractivity contribution in [3.63, 3.8) is 0 Å². The first-order valence-electron chi connectivity index (χ1n) is 14.3. The van der Waals surface area contributed by atoms with Gasteiger partial charge in [0.05, 0.1) is 33.7 Å². The van der Waals surface area contributed by atoms with Crippen LogP contribution in [0.25, 0.3) is 10.8 Å². The van der Waals surface area contributed by atoms with Gasteiger partial charge in [0.2, 0.25) is 0 Å². The van der Waals surface area contributed by atoms with Gasteiger partial charge in [0.1, 0.15) is 17.2 Å². The Kier molecular flexibility index (Phi) is 45.6. The van der Waals surface area contributed by atoms with Crippen LogP contribution >= 0.6 is 0 Å². The van der Waals surface area contributed by atoms with E-state index < -0.39 is 27.7 Å². The molecule has 319 valence electrons. The number of nitrogens with one attached hydrogen (secondary N) is 2. The number of aliphatic hydroxyl groups excluding tert-OH is 6. The molecule has 0 heterocycles. The Bertz CT molecular complexity index is 1630. The number of carbonyl (C=O) groups excluding carboxylic acids is 2. The van der Waals surface area contributed by atoms with Gasteiger partial charge in [-0.05, 0) is 41.3 Å². The summed E-state index contributed by atoms with van der Waals surface area (Å²) in [5.74, 6) is -2.63. The van der Waals surface area contributed by atoms with Crippen molar-refractivity contribution in [2.45, 2.75) is 0 Å². The molecule has 0 aliphatic carbocycles. The first-order chi connectivity index (χ1) is 26.8. The van der Waals surface area contributed by atoms with Crippen LogP contribution in [0.3, 0.4) is 0 Å². The van der Waals surface area contributed by atoms with Crippen LogP contribution < -0.4 is 16.0 Å². The van der Waals surface area contributed by atoms with Crippen molar-refractivity contribution >= 4 is 35.0 Å². The summed E-state index contributed by atoms with van der Waals surface area (Å²) in [6.07, 6.45) is 2.30. The standard InChI is InChI=1S/C26H20N4O6.6CH4O.Dy.2NO3/c31-20-7-3-1-5-18(20)25(35)29-27-13-16-11-9-15-10-12-17(24(34)22(15)23(16)33)14-28-30-26(36)19-6-2-4-8-21(19)32;6*1-2;;2*2-1(3)4/h1-14,31-34H,(H,29,35)(H,30,36);6*2H,1H3;;;/q;;;;;;;+3;2*-1/p-1/b27-13+,28-14+;;;;;;;;;. The number of amides is 2. The van der Waals surface area contributed by atoms with Crippen molar-refractivity contribution < 1.29 is 109 Å². The molecule has 0 aliphatic rings. The number of nitrogens with zero attached hydrogens (tertiary/aromatic N) is 4. The molecule has 4 aromatic rings. The quantitative estimate of drug-likeness (QED) is 0.0673. The van der Waals surface area contributed by atoms with Crippen molar-refractivity contribution in [3.05, 3.63) is 126 Å². The van der Waals surface area contributed by atoms with Crippen molar-refractivity contribution in [3.8, 4) is 23.0 Å². The maximum absolute atomic E-state index is 13.0. The molecule has 0 unspecified atom stereocenters. The second-order valence-electron chi connectivity index (χ2n) is 7.97. The van der Waals surface area contributed by atoms with E-state index in [0.29, 0.717) is 5.39 Å². The second kappa shape index (κ2) is 41.2. The smallest absolute Gasteiger partial charge is 0.872 e. The zero-order valence-corrected chi connectivity index (χ0v) is 32.9. The van der Waals surface area contributed by atoms with Gasteiger partial charge < -0.3 is 81.7 Å². The minimum atomic E-state index is -1.75. The van der Waals surface area contributed by atoms with E-state index in [0.717, 1.165) is 48.9 Å². The van der Waals surface area contributed by atoms with Crippen LogP contribution in [0.15, 0.2) is 83.0 Å². The van der Waals surface area contributed by atoms with E-state index in [4.69, 9.17) is 61.3 Å². The molecule has 57 heavy (non-hydrogen) atoms. The topological polar surface area (TPSA) is 420 Å². The van der Waals surface area contributed by atoms with Crippen LogP contribution in [0.1, 0.15) is 31.8 Å². The number of para-hydroxylation sites is 2. The van der Waals surface area contributed by atoms with E-state index in [-0.39, 0.29) is 83.1 Å². The monoisotopic (exact) mass is 963 g/mol. The zero-order valence-electron chi connectivity index (χ0n) is 30.9. The summed E-state index contributed by atoms with van der Waals surface area (Å²) in [6.45, 7) is 0. The zero-order chi connectivity index (χ0) is 44.8. The maximum atomic E-state index is 13.0. The number of hydrogen-bond donors (Lipinski definition) is 11. The Labute approximate surface area is 354 Å². The van der Waals surface area contributed by atoms with Gasteiger partial charge in [-0.25, -0.2) is 10.9 Å².